The Morgan fingerprint density at radius 2 is 1.57 bits per heavy atom. The molecule has 0 saturated carbocycles. The Balaban J connectivity index is 2.09. The third-order valence-corrected chi connectivity index (χ3v) is 4.88. The largest absolute Gasteiger partial charge is 0.326 e. The van der Waals surface area contributed by atoms with Crippen LogP contribution in [0.1, 0.15) is 25.0 Å². The molecule has 2 rings (SSSR count). The lowest BCUT2D eigenvalue weighted by molar-refractivity contribution is -0.118. The minimum absolute atomic E-state index is 0.0103. The molecule has 0 unspecified atom stereocenters. The molecule has 5 heteroatoms. The molecule has 122 valence electrons. The Bertz CT molecular complexity index is 768. The fourth-order valence-electron chi connectivity index (χ4n) is 2.16. The van der Waals surface area contributed by atoms with Crippen molar-refractivity contribution in [2.75, 3.05) is 5.32 Å². The highest BCUT2D eigenvalue weighted by molar-refractivity contribution is 7.89. The first-order chi connectivity index (χ1) is 10.9. The van der Waals surface area contributed by atoms with Gasteiger partial charge in [0, 0.05) is 11.6 Å². The Morgan fingerprint density at radius 1 is 0.957 bits per heavy atom. The quantitative estimate of drug-likeness (QED) is 0.882. The van der Waals surface area contributed by atoms with E-state index in [9.17, 15) is 13.2 Å². The topological polar surface area (TPSA) is 63.2 Å². The summed E-state index contributed by atoms with van der Waals surface area (Å²) in [6.07, 6.45) is 0. The van der Waals surface area contributed by atoms with Gasteiger partial charge in [0.2, 0.25) is 5.91 Å². The third kappa shape index (κ3) is 5.53. The van der Waals surface area contributed by atoms with Gasteiger partial charge >= 0.3 is 0 Å². The number of hydrogen-bond donors (Lipinski definition) is 1. The van der Waals surface area contributed by atoms with Crippen LogP contribution in [0.2, 0.25) is 0 Å². The van der Waals surface area contributed by atoms with E-state index in [2.05, 4.69) is 5.32 Å². The number of carbonyl (C=O) groups is 1. The lowest BCUT2D eigenvalue weighted by Crippen LogP contribution is -2.17. The van der Waals surface area contributed by atoms with E-state index in [0.29, 0.717) is 11.3 Å². The summed E-state index contributed by atoms with van der Waals surface area (Å²) in [5, 5.41) is 2.78. The van der Waals surface area contributed by atoms with Crippen molar-refractivity contribution in [1.29, 1.82) is 0 Å². The summed E-state index contributed by atoms with van der Waals surface area (Å²) >= 11 is 0. The number of carbonyl (C=O) groups excluding carboxylic acids is 1. The molecule has 2 aromatic carbocycles. The summed E-state index contributed by atoms with van der Waals surface area (Å²) in [6, 6.07) is 16.1. The number of sulfone groups is 1. The first kappa shape index (κ1) is 17.2. The van der Waals surface area contributed by atoms with Crippen molar-refractivity contribution in [3.8, 4) is 0 Å². The SMILES string of the molecule is CC(C)C(=O)Nc1cccc(CS(=O)(=O)Cc2ccccc2)c1. The van der Waals surface area contributed by atoms with Crippen LogP contribution in [0.5, 0.6) is 0 Å². The van der Waals surface area contributed by atoms with Crippen molar-refractivity contribution < 1.29 is 13.2 Å². The highest BCUT2D eigenvalue weighted by Gasteiger charge is 2.14. The summed E-state index contributed by atoms with van der Waals surface area (Å²) in [5.41, 5.74) is 2.07. The highest BCUT2D eigenvalue weighted by Crippen LogP contribution is 2.17. The van der Waals surface area contributed by atoms with Gasteiger partial charge in [0.1, 0.15) is 0 Å². The van der Waals surface area contributed by atoms with E-state index in [0.717, 1.165) is 5.56 Å². The number of benzene rings is 2. The van der Waals surface area contributed by atoms with Crippen molar-refractivity contribution in [2.45, 2.75) is 25.4 Å². The maximum atomic E-state index is 12.3. The molecule has 0 fully saturated rings. The van der Waals surface area contributed by atoms with Crippen LogP contribution in [0.15, 0.2) is 54.6 Å². The van der Waals surface area contributed by atoms with E-state index in [-0.39, 0.29) is 23.3 Å². The summed E-state index contributed by atoms with van der Waals surface area (Å²) in [6.45, 7) is 3.62. The van der Waals surface area contributed by atoms with Crippen molar-refractivity contribution in [3.63, 3.8) is 0 Å². The normalized spacial score (nSPS) is 11.4. The third-order valence-electron chi connectivity index (χ3n) is 3.33. The van der Waals surface area contributed by atoms with Gasteiger partial charge in [-0.1, -0.05) is 56.3 Å². The van der Waals surface area contributed by atoms with Crippen molar-refractivity contribution >= 4 is 21.4 Å². The van der Waals surface area contributed by atoms with E-state index < -0.39 is 9.84 Å². The lowest BCUT2D eigenvalue weighted by atomic mass is 10.2. The second-order valence-corrected chi connectivity index (χ2v) is 7.93. The molecule has 0 aliphatic carbocycles. The van der Waals surface area contributed by atoms with Gasteiger partial charge in [-0.3, -0.25) is 4.79 Å². The average molecular weight is 331 g/mol. The molecule has 0 bridgehead atoms. The van der Waals surface area contributed by atoms with Crippen LogP contribution < -0.4 is 5.32 Å². The minimum atomic E-state index is -3.26. The van der Waals surface area contributed by atoms with Gasteiger partial charge in [-0.15, -0.1) is 0 Å². The summed E-state index contributed by atoms with van der Waals surface area (Å²) in [5.74, 6) is -0.251. The molecule has 23 heavy (non-hydrogen) atoms. The van der Waals surface area contributed by atoms with Crippen molar-refractivity contribution in [2.24, 2.45) is 5.92 Å². The number of amides is 1. The van der Waals surface area contributed by atoms with E-state index in [4.69, 9.17) is 0 Å². The standard InChI is InChI=1S/C18H21NO3S/c1-14(2)18(20)19-17-10-6-9-16(11-17)13-23(21,22)12-15-7-4-3-5-8-15/h3-11,14H,12-13H2,1-2H3,(H,19,20). The summed E-state index contributed by atoms with van der Waals surface area (Å²) < 4.78 is 24.6. The fraction of sp³-hybridized carbons (Fsp3) is 0.278. The second-order valence-electron chi connectivity index (χ2n) is 5.86. The molecule has 0 atom stereocenters. The van der Waals surface area contributed by atoms with Gasteiger partial charge in [0.25, 0.3) is 0 Å². The number of hydrogen-bond acceptors (Lipinski definition) is 3. The molecule has 1 N–H and O–H groups in total. The molecule has 0 aliphatic heterocycles. The zero-order valence-corrected chi connectivity index (χ0v) is 14.1. The predicted octanol–water partition coefficient (Wildman–Crippen LogP) is 3.40. The van der Waals surface area contributed by atoms with Gasteiger partial charge in [-0.25, -0.2) is 8.42 Å². The van der Waals surface area contributed by atoms with Crippen LogP contribution in [0, 0.1) is 5.92 Å². The van der Waals surface area contributed by atoms with Crippen LogP contribution in [0.4, 0.5) is 5.69 Å². The Morgan fingerprint density at radius 3 is 2.22 bits per heavy atom. The van der Waals surface area contributed by atoms with Gasteiger partial charge in [0.05, 0.1) is 11.5 Å². The lowest BCUT2D eigenvalue weighted by Gasteiger charge is -2.10. The van der Waals surface area contributed by atoms with Crippen LogP contribution in [0.25, 0.3) is 0 Å². The number of anilines is 1. The molecule has 0 heterocycles. The average Bonchev–Trinajstić information content (AvgIpc) is 2.47. The number of nitrogens with one attached hydrogen (secondary N) is 1. The molecule has 0 radical (unpaired) electrons. The molecule has 0 saturated heterocycles. The van der Waals surface area contributed by atoms with Crippen LogP contribution in [-0.4, -0.2) is 14.3 Å². The number of rotatable bonds is 6. The van der Waals surface area contributed by atoms with E-state index in [1.807, 2.05) is 32.0 Å². The maximum absolute atomic E-state index is 12.3. The minimum Gasteiger partial charge on any atom is -0.326 e. The molecule has 0 aliphatic rings. The molecular weight excluding hydrogens is 310 g/mol. The Hall–Kier alpha value is -2.14. The smallest absolute Gasteiger partial charge is 0.226 e. The van der Waals surface area contributed by atoms with Crippen molar-refractivity contribution in [1.82, 2.24) is 0 Å². The predicted molar refractivity (Wildman–Crippen MR) is 92.7 cm³/mol. The maximum Gasteiger partial charge on any atom is 0.226 e. The van der Waals surface area contributed by atoms with Crippen LogP contribution in [-0.2, 0) is 26.1 Å². The van der Waals surface area contributed by atoms with E-state index >= 15 is 0 Å². The van der Waals surface area contributed by atoms with E-state index in [1.165, 1.54) is 0 Å². The summed E-state index contributed by atoms with van der Waals surface area (Å²) in [4.78, 5) is 11.7. The van der Waals surface area contributed by atoms with Crippen LogP contribution >= 0.6 is 0 Å². The summed E-state index contributed by atoms with van der Waals surface area (Å²) in [7, 11) is -3.26. The molecule has 0 spiro atoms. The molecule has 1 amide bonds. The van der Waals surface area contributed by atoms with Crippen molar-refractivity contribution in [3.05, 3.63) is 65.7 Å². The molecule has 2 aromatic rings. The molecule has 0 aromatic heterocycles. The van der Waals surface area contributed by atoms with Gasteiger partial charge in [-0.05, 0) is 23.3 Å². The fourth-order valence-corrected chi connectivity index (χ4v) is 3.65. The van der Waals surface area contributed by atoms with Crippen LogP contribution in [0.3, 0.4) is 0 Å². The Labute approximate surface area is 137 Å². The van der Waals surface area contributed by atoms with E-state index in [1.54, 1.807) is 36.4 Å². The monoisotopic (exact) mass is 331 g/mol. The molecular formula is C18H21NO3S. The highest BCUT2D eigenvalue weighted by atomic mass is 32.2. The Kier molecular flexibility index (Phi) is 5.55. The first-order valence-corrected chi connectivity index (χ1v) is 9.32. The van der Waals surface area contributed by atoms with Gasteiger partial charge in [-0.2, -0.15) is 0 Å². The van der Waals surface area contributed by atoms with Gasteiger partial charge in [0.15, 0.2) is 9.84 Å². The zero-order chi connectivity index (χ0) is 16.9. The van der Waals surface area contributed by atoms with Gasteiger partial charge < -0.3 is 5.32 Å². The second kappa shape index (κ2) is 7.42. The molecule has 4 nitrogen and oxygen atoms in total. The zero-order valence-electron chi connectivity index (χ0n) is 13.3. The first-order valence-electron chi connectivity index (χ1n) is 7.50.